The highest BCUT2D eigenvalue weighted by Crippen LogP contribution is 2.42. The molecular weight excluding hydrogens is 270 g/mol. The van der Waals surface area contributed by atoms with Crippen molar-refractivity contribution in [1.29, 1.82) is 0 Å². The molecule has 0 atom stereocenters. The van der Waals surface area contributed by atoms with E-state index >= 15 is 0 Å². The van der Waals surface area contributed by atoms with Gasteiger partial charge in [0.25, 0.3) is 0 Å². The van der Waals surface area contributed by atoms with Crippen molar-refractivity contribution in [1.82, 2.24) is 4.37 Å². The molecule has 2 rings (SSSR count). The summed E-state index contributed by atoms with van der Waals surface area (Å²) in [5, 5.41) is 3.98. The fraction of sp³-hybridized carbons (Fsp3) is 0.727. The summed E-state index contributed by atoms with van der Waals surface area (Å²) >= 11 is 1.14. The highest BCUT2D eigenvalue weighted by molar-refractivity contribution is 7.91. The molecular formula is C11H19N3O2S2. The first-order chi connectivity index (χ1) is 8.44. The van der Waals surface area contributed by atoms with E-state index in [0.29, 0.717) is 5.00 Å². The van der Waals surface area contributed by atoms with Gasteiger partial charge in [-0.05, 0) is 37.2 Å². The summed E-state index contributed by atoms with van der Waals surface area (Å²) in [5.41, 5.74) is 5.74. The Bertz CT molecular complexity index is 527. The Morgan fingerprint density at radius 2 is 2.11 bits per heavy atom. The summed E-state index contributed by atoms with van der Waals surface area (Å²) in [4.78, 5) is 0.190. The number of hydrogen-bond acceptors (Lipinski definition) is 6. The van der Waals surface area contributed by atoms with E-state index in [1.807, 2.05) is 0 Å². The summed E-state index contributed by atoms with van der Waals surface area (Å²) < 4.78 is 28.0. The maximum absolute atomic E-state index is 12.0. The van der Waals surface area contributed by atoms with E-state index < -0.39 is 9.84 Å². The predicted molar refractivity (Wildman–Crippen MR) is 74.7 cm³/mol. The van der Waals surface area contributed by atoms with Gasteiger partial charge in [-0.3, -0.25) is 0 Å². The molecule has 7 heteroatoms. The number of nitrogen functional groups attached to an aromatic ring is 1. The first-order valence-electron chi connectivity index (χ1n) is 6.20. The van der Waals surface area contributed by atoms with Gasteiger partial charge in [0.2, 0.25) is 0 Å². The smallest absolute Gasteiger partial charge is 0.184 e. The van der Waals surface area contributed by atoms with Gasteiger partial charge < -0.3 is 11.1 Å². The molecule has 0 radical (unpaired) electrons. The molecule has 3 N–H and O–H groups in total. The van der Waals surface area contributed by atoms with Crippen LogP contribution >= 0.6 is 11.5 Å². The van der Waals surface area contributed by atoms with Gasteiger partial charge >= 0.3 is 0 Å². The molecule has 0 bridgehead atoms. The minimum absolute atomic E-state index is 0.0387. The average Bonchev–Trinajstić information content (AvgIpc) is 2.65. The Labute approximate surface area is 112 Å². The average molecular weight is 289 g/mol. The van der Waals surface area contributed by atoms with Crippen molar-refractivity contribution in [3.8, 4) is 0 Å². The molecule has 5 nitrogen and oxygen atoms in total. The standard InChI is InChI=1S/C11H19N3O2S2/c1-3-11(6-5-7-11)13-10-8(9(12)14-17-10)18(15,16)4-2/h13H,3-7H2,1-2H3,(H2,12,14). The van der Waals surface area contributed by atoms with E-state index in [9.17, 15) is 8.42 Å². The third-order valence-corrected chi connectivity index (χ3v) is 6.43. The van der Waals surface area contributed by atoms with Crippen LogP contribution in [0.2, 0.25) is 0 Å². The van der Waals surface area contributed by atoms with E-state index in [4.69, 9.17) is 5.73 Å². The zero-order valence-corrected chi connectivity index (χ0v) is 12.3. The van der Waals surface area contributed by atoms with E-state index in [2.05, 4.69) is 16.6 Å². The van der Waals surface area contributed by atoms with Crippen LogP contribution in [0.3, 0.4) is 0 Å². The Hall–Kier alpha value is -0.820. The molecule has 1 aromatic heterocycles. The molecule has 102 valence electrons. The number of nitrogens with two attached hydrogens (primary N) is 1. The minimum Gasteiger partial charge on any atom is -0.382 e. The van der Waals surface area contributed by atoms with Crippen LogP contribution in [0.15, 0.2) is 4.90 Å². The summed E-state index contributed by atoms with van der Waals surface area (Å²) in [6.07, 6.45) is 4.32. The topological polar surface area (TPSA) is 85.1 Å². The zero-order chi connectivity index (χ0) is 13.4. The van der Waals surface area contributed by atoms with E-state index in [1.165, 1.54) is 6.42 Å². The highest BCUT2D eigenvalue weighted by atomic mass is 32.2. The van der Waals surface area contributed by atoms with Gasteiger partial charge in [-0.2, -0.15) is 4.37 Å². The SMILES string of the molecule is CCC1(Nc2snc(N)c2S(=O)(=O)CC)CCC1. The number of anilines is 2. The Morgan fingerprint density at radius 1 is 1.44 bits per heavy atom. The van der Waals surface area contributed by atoms with Crippen molar-refractivity contribution < 1.29 is 8.42 Å². The van der Waals surface area contributed by atoms with Gasteiger partial charge in [0.15, 0.2) is 15.7 Å². The summed E-state index contributed by atoms with van der Waals surface area (Å²) in [5.74, 6) is 0.165. The van der Waals surface area contributed by atoms with Gasteiger partial charge in [-0.25, -0.2) is 8.42 Å². The number of nitrogens with one attached hydrogen (secondary N) is 1. The van der Waals surface area contributed by atoms with Crippen LogP contribution in [0.25, 0.3) is 0 Å². The lowest BCUT2D eigenvalue weighted by Crippen LogP contribution is -2.44. The van der Waals surface area contributed by atoms with Gasteiger partial charge in [0.05, 0.1) is 5.75 Å². The summed E-state index contributed by atoms with van der Waals surface area (Å²) in [6, 6.07) is 0. The molecule has 1 aromatic rings. The number of nitrogens with zero attached hydrogens (tertiary/aromatic N) is 1. The van der Waals surface area contributed by atoms with Crippen LogP contribution in [-0.4, -0.2) is 24.1 Å². The van der Waals surface area contributed by atoms with Crippen LogP contribution in [0.4, 0.5) is 10.8 Å². The lowest BCUT2D eigenvalue weighted by molar-refractivity contribution is 0.270. The molecule has 0 amide bonds. The van der Waals surface area contributed by atoms with Crippen molar-refractivity contribution in [2.24, 2.45) is 0 Å². The van der Waals surface area contributed by atoms with Gasteiger partial charge in [-0.15, -0.1) is 0 Å². The molecule has 1 fully saturated rings. The molecule has 0 unspecified atom stereocenters. The second kappa shape index (κ2) is 4.70. The van der Waals surface area contributed by atoms with Crippen LogP contribution in [0.5, 0.6) is 0 Å². The van der Waals surface area contributed by atoms with Crippen molar-refractivity contribution >= 4 is 32.2 Å². The van der Waals surface area contributed by atoms with Crippen molar-refractivity contribution in [2.75, 3.05) is 16.8 Å². The first-order valence-corrected chi connectivity index (χ1v) is 8.63. The van der Waals surface area contributed by atoms with Gasteiger partial charge in [0, 0.05) is 5.54 Å². The van der Waals surface area contributed by atoms with Crippen LogP contribution in [-0.2, 0) is 9.84 Å². The lowest BCUT2D eigenvalue weighted by Gasteiger charge is -2.42. The molecule has 0 saturated heterocycles. The second-order valence-electron chi connectivity index (χ2n) is 4.74. The lowest BCUT2D eigenvalue weighted by atomic mass is 9.75. The quantitative estimate of drug-likeness (QED) is 0.868. The minimum atomic E-state index is -3.32. The first kappa shape index (κ1) is 13.6. The molecule has 1 heterocycles. The van der Waals surface area contributed by atoms with Gasteiger partial charge in [0.1, 0.15) is 9.90 Å². The maximum atomic E-state index is 12.0. The number of rotatable bonds is 5. The highest BCUT2D eigenvalue weighted by Gasteiger charge is 2.37. The van der Waals surface area contributed by atoms with E-state index in [-0.39, 0.29) is 22.0 Å². The molecule has 1 saturated carbocycles. The number of aromatic nitrogens is 1. The fourth-order valence-corrected chi connectivity index (χ4v) is 4.50. The third kappa shape index (κ3) is 2.21. The second-order valence-corrected chi connectivity index (χ2v) is 7.73. The fourth-order valence-electron chi connectivity index (χ4n) is 2.23. The Balaban J connectivity index is 2.35. The molecule has 0 aliphatic heterocycles. The molecule has 18 heavy (non-hydrogen) atoms. The number of sulfone groups is 1. The van der Waals surface area contributed by atoms with Crippen LogP contribution < -0.4 is 11.1 Å². The van der Waals surface area contributed by atoms with E-state index in [0.717, 1.165) is 30.8 Å². The Morgan fingerprint density at radius 3 is 2.56 bits per heavy atom. The van der Waals surface area contributed by atoms with E-state index in [1.54, 1.807) is 6.92 Å². The normalized spacial score (nSPS) is 18.3. The number of hydrogen-bond donors (Lipinski definition) is 2. The van der Waals surface area contributed by atoms with Crippen LogP contribution in [0, 0.1) is 0 Å². The van der Waals surface area contributed by atoms with Gasteiger partial charge in [-0.1, -0.05) is 13.8 Å². The molecule has 0 spiro atoms. The predicted octanol–water partition coefficient (Wildman–Crippen LogP) is 2.26. The van der Waals surface area contributed by atoms with Crippen molar-refractivity contribution in [2.45, 2.75) is 50.0 Å². The Kier molecular flexibility index (Phi) is 3.55. The maximum Gasteiger partial charge on any atom is 0.184 e. The molecule has 1 aliphatic rings. The van der Waals surface area contributed by atoms with Crippen LogP contribution in [0.1, 0.15) is 39.5 Å². The molecule has 1 aliphatic carbocycles. The monoisotopic (exact) mass is 289 g/mol. The zero-order valence-electron chi connectivity index (χ0n) is 10.7. The summed E-state index contributed by atoms with van der Waals surface area (Å²) in [7, 11) is -3.32. The summed E-state index contributed by atoms with van der Waals surface area (Å²) in [6.45, 7) is 3.74. The van der Waals surface area contributed by atoms with Crippen molar-refractivity contribution in [3.05, 3.63) is 0 Å². The third-order valence-electron chi connectivity index (χ3n) is 3.73. The molecule has 0 aromatic carbocycles. The largest absolute Gasteiger partial charge is 0.382 e. The van der Waals surface area contributed by atoms with Crippen molar-refractivity contribution in [3.63, 3.8) is 0 Å².